The van der Waals surface area contributed by atoms with Crippen LogP contribution in [0.15, 0.2) is 72.8 Å². The van der Waals surface area contributed by atoms with Gasteiger partial charge in [0.1, 0.15) is 0 Å². The fourth-order valence-electron chi connectivity index (χ4n) is 2.76. The Morgan fingerprint density at radius 1 is 0.650 bits per heavy atom. The molecule has 1 heteroatoms. The van der Waals surface area contributed by atoms with Crippen LogP contribution in [0.3, 0.4) is 0 Å². The predicted octanol–water partition coefficient (Wildman–Crippen LogP) is 5.65. The SMILES string of the molecule is c1ccc(Cc2cccc3c2sc2ccccc23)cc1. The lowest BCUT2D eigenvalue weighted by atomic mass is 10.0. The molecule has 1 heterocycles. The zero-order chi connectivity index (χ0) is 13.4. The Hall–Kier alpha value is -2.12. The minimum absolute atomic E-state index is 1.00. The second kappa shape index (κ2) is 4.77. The second-order valence-corrected chi connectivity index (χ2v) is 6.11. The van der Waals surface area contributed by atoms with Crippen molar-refractivity contribution in [1.29, 1.82) is 0 Å². The molecule has 0 aliphatic carbocycles. The molecule has 0 radical (unpaired) electrons. The molecular weight excluding hydrogens is 260 g/mol. The van der Waals surface area contributed by atoms with Gasteiger partial charge in [-0.1, -0.05) is 66.7 Å². The monoisotopic (exact) mass is 274 g/mol. The van der Waals surface area contributed by atoms with Crippen LogP contribution in [0.1, 0.15) is 11.1 Å². The van der Waals surface area contributed by atoms with E-state index in [1.807, 2.05) is 11.3 Å². The maximum atomic E-state index is 2.25. The standard InChI is InChI=1S/C19H14S/c1-2-7-14(8-3-1)13-15-9-6-11-17-16-10-4-5-12-18(16)20-19(15)17/h1-12H,13H2. The Balaban J connectivity index is 1.91. The molecule has 0 amide bonds. The highest BCUT2D eigenvalue weighted by atomic mass is 32.1. The van der Waals surface area contributed by atoms with Gasteiger partial charge in [0.05, 0.1) is 0 Å². The van der Waals surface area contributed by atoms with Crippen molar-refractivity contribution < 1.29 is 0 Å². The molecule has 4 rings (SSSR count). The molecule has 0 aliphatic rings. The van der Waals surface area contributed by atoms with Crippen molar-refractivity contribution in [1.82, 2.24) is 0 Å². The van der Waals surface area contributed by atoms with Crippen molar-refractivity contribution in [2.45, 2.75) is 6.42 Å². The molecule has 0 saturated carbocycles. The van der Waals surface area contributed by atoms with E-state index in [1.165, 1.54) is 31.3 Å². The summed E-state index contributed by atoms with van der Waals surface area (Å²) in [6.45, 7) is 0. The van der Waals surface area contributed by atoms with Gasteiger partial charge in [0.25, 0.3) is 0 Å². The lowest BCUT2D eigenvalue weighted by Gasteiger charge is -2.03. The van der Waals surface area contributed by atoms with Crippen LogP contribution >= 0.6 is 11.3 Å². The van der Waals surface area contributed by atoms with Gasteiger partial charge in [0.2, 0.25) is 0 Å². The third-order valence-corrected chi connectivity index (χ3v) is 4.99. The van der Waals surface area contributed by atoms with Gasteiger partial charge in [-0.3, -0.25) is 0 Å². The number of hydrogen-bond donors (Lipinski definition) is 0. The number of benzene rings is 3. The molecule has 0 fully saturated rings. The van der Waals surface area contributed by atoms with Gasteiger partial charge in [-0.2, -0.15) is 0 Å². The van der Waals surface area contributed by atoms with Crippen LogP contribution in [0.4, 0.5) is 0 Å². The normalized spacial score (nSPS) is 11.2. The summed E-state index contributed by atoms with van der Waals surface area (Å²) in [5.74, 6) is 0. The van der Waals surface area contributed by atoms with E-state index in [0.717, 1.165) is 6.42 Å². The second-order valence-electron chi connectivity index (χ2n) is 5.05. The summed E-state index contributed by atoms with van der Waals surface area (Å²) in [6.07, 6.45) is 1.00. The molecule has 96 valence electrons. The maximum absolute atomic E-state index is 2.25. The van der Waals surface area contributed by atoms with Gasteiger partial charge in [0, 0.05) is 20.2 Å². The molecule has 0 atom stereocenters. The van der Waals surface area contributed by atoms with Gasteiger partial charge >= 0.3 is 0 Å². The molecule has 3 aromatic carbocycles. The Kier molecular flexibility index (Phi) is 2.79. The van der Waals surface area contributed by atoms with Gasteiger partial charge in [-0.05, 0) is 23.6 Å². The lowest BCUT2D eigenvalue weighted by molar-refractivity contribution is 1.22. The van der Waals surface area contributed by atoms with Gasteiger partial charge in [-0.25, -0.2) is 0 Å². The third-order valence-electron chi connectivity index (χ3n) is 3.72. The molecular formula is C19H14S. The minimum Gasteiger partial charge on any atom is -0.135 e. The topological polar surface area (TPSA) is 0 Å². The van der Waals surface area contributed by atoms with E-state index in [0.29, 0.717) is 0 Å². The first-order valence-electron chi connectivity index (χ1n) is 6.85. The van der Waals surface area contributed by atoms with Crippen molar-refractivity contribution in [3.05, 3.63) is 83.9 Å². The number of hydrogen-bond acceptors (Lipinski definition) is 1. The first kappa shape index (κ1) is 11.7. The Labute approximate surface area is 122 Å². The molecule has 0 N–H and O–H groups in total. The van der Waals surface area contributed by atoms with E-state index in [2.05, 4.69) is 72.8 Å². The molecule has 20 heavy (non-hydrogen) atoms. The van der Waals surface area contributed by atoms with Crippen LogP contribution in [-0.2, 0) is 6.42 Å². The Morgan fingerprint density at radius 3 is 2.30 bits per heavy atom. The van der Waals surface area contributed by atoms with Crippen LogP contribution in [0.25, 0.3) is 20.2 Å². The fraction of sp³-hybridized carbons (Fsp3) is 0.0526. The van der Waals surface area contributed by atoms with Crippen LogP contribution < -0.4 is 0 Å². The molecule has 0 unspecified atom stereocenters. The zero-order valence-electron chi connectivity index (χ0n) is 11.0. The van der Waals surface area contributed by atoms with E-state index >= 15 is 0 Å². The molecule has 0 nitrogen and oxygen atoms in total. The number of rotatable bonds is 2. The first-order chi connectivity index (χ1) is 9.92. The average Bonchev–Trinajstić information content (AvgIpc) is 2.88. The molecule has 0 bridgehead atoms. The Morgan fingerprint density at radius 2 is 1.40 bits per heavy atom. The summed E-state index contributed by atoms with van der Waals surface area (Å²) in [5, 5.41) is 2.77. The summed E-state index contributed by atoms with van der Waals surface area (Å²) in [6, 6.07) is 26.1. The van der Waals surface area contributed by atoms with E-state index in [-0.39, 0.29) is 0 Å². The number of thiophene rings is 1. The zero-order valence-corrected chi connectivity index (χ0v) is 11.9. The van der Waals surface area contributed by atoms with E-state index < -0.39 is 0 Å². The summed E-state index contributed by atoms with van der Waals surface area (Å²) < 4.78 is 2.81. The molecule has 0 aliphatic heterocycles. The molecule has 0 saturated heterocycles. The van der Waals surface area contributed by atoms with Crippen LogP contribution in [0, 0.1) is 0 Å². The highest BCUT2D eigenvalue weighted by molar-refractivity contribution is 7.26. The largest absolute Gasteiger partial charge is 0.135 e. The van der Waals surface area contributed by atoms with E-state index in [9.17, 15) is 0 Å². The smallest absolute Gasteiger partial charge is 0.0390 e. The maximum Gasteiger partial charge on any atom is 0.0390 e. The van der Waals surface area contributed by atoms with Crippen molar-refractivity contribution in [2.24, 2.45) is 0 Å². The highest BCUT2D eigenvalue weighted by Crippen LogP contribution is 2.36. The number of fused-ring (bicyclic) bond motifs is 3. The van der Waals surface area contributed by atoms with Crippen LogP contribution in [0.2, 0.25) is 0 Å². The highest BCUT2D eigenvalue weighted by Gasteiger charge is 2.08. The lowest BCUT2D eigenvalue weighted by Crippen LogP contribution is -1.87. The summed E-state index contributed by atoms with van der Waals surface area (Å²) in [7, 11) is 0. The van der Waals surface area contributed by atoms with E-state index in [1.54, 1.807) is 0 Å². The first-order valence-corrected chi connectivity index (χ1v) is 7.66. The summed E-state index contributed by atoms with van der Waals surface area (Å²) in [4.78, 5) is 0. The quantitative estimate of drug-likeness (QED) is 0.443. The van der Waals surface area contributed by atoms with Crippen molar-refractivity contribution in [2.75, 3.05) is 0 Å². The summed E-state index contributed by atoms with van der Waals surface area (Å²) in [5.41, 5.74) is 2.80. The van der Waals surface area contributed by atoms with Crippen LogP contribution in [-0.4, -0.2) is 0 Å². The fourth-order valence-corrected chi connectivity index (χ4v) is 3.97. The van der Waals surface area contributed by atoms with Crippen molar-refractivity contribution in [3.8, 4) is 0 Å². The van der Waals surface area contributed by atoms with Gasteiger partial charge in [-0.15, -0.1) is 11.3 Å². The predicted molar refractivity (Wildman–Crippen MR) is 88.6 cm³/mol. The molecule has 4 aromatic rings. The van der Waals surface area contributed by atoms with Gasteiger partial charge in [0.15, 0.2) is 0 Å². The Bertz CT molecular complexity index is 872. The van der Waals surface area contributed by atoms with Gasteiger partial charge < -0.3 is 0 Å². The summed E-state index contributed by atoms with van der Waals surface area (Å²) >= 11 is 1.91. The average molecular weight is 274 g/mol. The molecule has 0 spiro atoms. The van der Waals surface area contributed by atoms with Crippen LogP contribution in [0.5, 0.6) is 0 Å². The van der Waals surface area contributed by atoms with E-state index in [4.69, 9.17) is 0 Å². The van der Waals surface area contributed by atoms with Crippen molar-refractivity contribution >= 4 is 31.5 Å². The van der Waals surface area contributed by atoms with Crippen molar-refractivity contribution in [3.63, 3.8) is 0 Å². The third kappa shape index (κ3) is 1.91. The minimum atomic E-state index is 1.00. The molecule has 1 aromatic heterocycles.